The Bertz CT molecular complexity index is 346. The van der Waals surface area contributed by atoms with Crippen molar-refractivity contribution in [1.82, 2.24) is 4.98 Å². The van der Waals surface area contributed by atoms with Crippen LogP contribution in [0, 0.1) is 5.41 Å². The summed E-state index contributed by atoms with van der Waals surface area (Å²) in [7, 11) is 0. The molecule has 0 radical (unpaired) electrons. The number of hydrogen-bond donors (Lipinski definition) is 0. The second-order valence-corrected chi connectivity index (χ2v) is 4.84. The van der Waals surface area contributed by atoms with Crippen molar-refractivity contribution in [2.45, 2.75) is 40.0 Å². The molecule has 1 aromatic rings. The molecule has 0 saturated carbocycles. The molecule has 0 bridgehead atoms. The number of ether oxygens (including phenoxy) is 1. The van der Waals surface area contributed by atoms with Crippen LogP contribution in [0.4, 0.5) is 0 Å². The first-order valence-electron chi connectivity index (χ1n) is 6.12. The average Bonchev–Trinajstić information content (AvgIpc) is 2.35. The van der Waals surface area contributed by atoms with Crippen molar-refractivity contribution in [3.63, 3.8) is 0 Å². The van der Waals surface area contributed by atoms with Gasteiger partial charge in [-0.25, -0.2) is 0 Å². The molecular formula is C14H21NO2. The minimum atomic E-state index is -0.367. The molecule has 0 saturated heterocycles. The Morgan fingerprint density at radius 3 is 2.82 bits per heavy atom. The van der Waals surface area contributed by atoms with Crippen LogP contribution in [0.25, 0.3) is 0 Å². The molecule has 94 valence electrons. The third kappa shape index (κ3) is 4.55. The molecule has 0 unspecified atom stereocenters. The van der Waals surface area contributed by atoms with E-state index in [1.165, 1.54) is 5.56 Å². The molecule has 0 fully saturated rings. The van der Waals surface area contributed by atoms with Gasteiger partial charge in [0.05, 0.1) is 12.0 Å². The van der Waals surface area contributed by atoms with E-state index in [4.69, 9.17) is 4.74 Å². The number of nitrogens with zero attached hydrogens (tertiary/aromatic N) is 1. The highest BCUT2D eigenvalue weighted by molar-refractivity contribution is 5.75. The highest BCUT2D eigenvalue weighted by atomic mass is 16.5. The monoisotopic (exact) mass is 235 g/mol. The molecule has 0 spiro atoms. The Balaban J connectivity index is 2.23. The number of rotatable bonds is 6. The van der Waals surface area contributed by atoms with Gasteiger partial charge in [-0.1, -0.05) is 13.0 Å². The fraction of sp³-hybridized carbons (Fsp3) is 0.571. The van der Waals surface area contributed by atoms with Crippen LogP contribution in [-0.4, -0.2) is 17.6 Å². The minimum absolute atomic E-state index is 0.105. The first kappa shape index (κ1) is 13.7. The van der Waals surface area contributed by atoms with Crippen LogP contribution in [0.15, 0.2) is 24.5 Å². The van der Waals surface area contributed by atoms with Crippen LogP contribution in [-0.2, 0) is 16.0 Å². The SMILES string of the molecule is CCC(C)(C)C(=O)OCCCc1cccnc1. The predicted molar refractivity (Wildman–Crippen MR) is 67.6 cm³/mol. The lowest BCUT2D eigenvalue weighted by Gasteiger charge is -2.20. The van der Waals surface area contributed by atoms with Crippen molar-refractivity contribution in [3.05, 3.63) is 30.1 Å². The van der Waals surface area contributed by atoms with Crippen LogP contribution in [0.5, 0.6) is 0 Å². The van der Waals surface area contributed by atoms with E-state index >= 15 is 0 Å². The van der Waals surface area contributed by atoms with Gasteiger partial charge in [-0.2, -0.15) is 0 Å². The molecule has 3 heteroatoms. The summed E-state index contributed by atoms with van der Waals surface area (Å²) in [5.41, 5.74) is 0.812. The summed E-state index contributed by atoms with van der Waals surface area (Å²) >= 11 is 0. The van der Waals surface area contributed by atoms with Crippen molar-refractivity contribution in [3.8, 4) is 0 Å². The highest BCUT2D eigenvalue weighted by Gasteiger charge is 2.26. The Morgan fingerprint density at radius 2 is 2.24 bits per heavy atom. The summed E-state index contributed by atoms with van der Waals surface area (Å²) < 4.78 is 5.26. The molecule has 0 aliphatic heterocycles. The maximum atomic E-state index is 11.7. The van der Waals surface area contributed by atoms with E-state index in [1.807, 2.05) is 39.1 Å². The van der Waals surface area contributed by atoms with Gasteiger partial charge in [-0.05, 0) is 44.7 Å². The van der Waals surface area contributed by atoms with E-state index in [-0.39, 0.29) is 11.4 Å². The second-order valence-electron chi connectivity index (χ2n) is 4.84. The highest BCUT2D eigenvalue weighted by Crippen LogP contribution is 2.21. The topological polar surface area (TPSA) is 39.2 Å². The van der Waals surface area contributed by atoms with Crippen LogP contribution >= 0.6 is 0 Å². The molecule has 17 heavy (non-hydrogen) atoms. The first-order chi connectivity index (χ1) is 8.06. The lowest BCUT2D eigenvalue weighted by Crippen LogP contribution is -2.26. The normalized spacial score (nSPS) is 11.2. The van der Waals surface area contributed by atoms with Gasteiger partial charge in [0.1, 0.15) is 0 Å². The molecule has 1 aromatic heterocycles. The van der Waals surface area contributed by atoms with Gasteiger partial charge in [0.25, 0.3) is 0 Å². The van der Waals surface area contributed by atoms with Crippen molar-refractivity contribution in [1.29, 1.82) is 0 Å². The van der Waals surface area contributed by atoms with Crippen molar-refractivity contribution in [2.75, 3.05) is 6.61 Å². The third-order valence-electron chi connectivity index (χ3n) is 3.00. The fourth-order valence-corrected chi connectivity index (χ4v) is 1.33. The van der Waals surface area contributed by atoms with Crippen LogP contribution < -0.4 is 0 Å². The predicted octanol–water partition coefficient (Wildman–Crippen LogP) is 2.99. The van der Waals surface area contributed by atoms with Crippen LogP contribution in [0.2, 0.25) is 0 Å². The smallest absolute Gasteiger partial charge is 0.311 e. The zero-order chi connectivity index (χ0) is 12.7. The Hall–Kier alpha value is -1.38. The van der Waals surface area contributed by atoms with Gasteiger partial charge < -0.3 is 4.74 Å². The number of esters is 1. The molecule has 0 aliphatic rings. The summed E-state index contributed by atoms with van der Waals surface area (Å²) in [5.74, 6) is -0.105. The summed E-state index contributed by atoms with van der Waals surface area (Å²) in [6.45, 7) is 6.31. The number of carbonyl (C=O) groups excluding carboxylic acids is 1. The molecule has 0 aromatic carbocycles. The zero-order valence-electron chi connectivity index (χ0n) is 10.9. The van der Waals surface area contributed by atoms with Gasteiger partial charge in [-0.15, -0.1) is 0 Å². The van der Waals surface area contributed by atoms with E-state index in [1.54, 1.807) is 6.20 Å². The molecule has 1 heterocycles. The third-order valence-corrected chi connectivity index (χ3v) is 3.00. The summed E-state index contributed by atoms with van der Waals surface area (Å²) in [5, 5.41) is 0. The number of carbonyl (C=O) groups is 1. The molecular weight excluding hydrogens is 214 g/mol. The maximum Gasteiger partial charge on any atom is 0.311 e. The molecule has 0 N–H and O–H groups in total. The molecule has 3 nitrogen and oxygen atoms in total. The van der Waals surface area contributed by atoms with Gasteiger partial charge in [0.2, 0.25) is 0 Å². The summed E-state index contributed by atoms with van der Waals surface area (Å²) in [6, 6.07) is 3.95. The standard InChI is InChI=1S/C14H21NO2/c1-4-14(2,3)13(16)17-10-6-8-12-7-5-9-15-11-12/h5,7,9,11H,4,6,8,10H2,1-3H3. The van der Waals surface area contributed by atoms with E-state index < -0.39 is 0 Å². The van der Waals surface area contributed by atoms with Crippen molar-refractivity contribution in [2.24, 2.45) is 5.41 Å². The quantitative estimate of drug-likeness (QED) is 0.562. The largest absolute Gasteiger partial charge is 0.465 e. The maximum absolute atomic E-state index is 11.7. The van der Waals surface area contributed by atoms with Gasteiger partial charge in [0.15, 0.2) is 0 Å². The summed E-state index contributed by atoms with van der Waals surface area (Å²) in [4.78, 5) is 15.7. The average molecular weight is 235 g/mol. The number of aryl methyl sites for hydroxylation is 1. The zero-order valence-corrected chi connectivity index (χ0v) is 10.9. The van der Waals surface area contributed by atoms with Gasteiger partial charge >= 0.3 is 5.97 Å². The van der Waals surface area contributed by atoms with Gasteiger partial charge in [0, 0.05) is 12.4 Å². The fourth-order valence-electron chi connectivity index (χ4n) is 1.33. The molecule has 0 aliphatic carbocycles. The lowest BCUT2D eigenvalue weighted by atomic mass is 9.91. The van der Waals surface area contributed by atoms with Gasteiger partial charge in [-0.3, -0.25) is 9.78 Å². The van der Waals surface area contributed by atoms with Crippen LogP contribution in [0.3, 0.4) is 0 Å². The van der Waals surface area contributed by atoms with E-state index in [0.29, 0.717) is 6.61 Å². The molecule has 0 amide bonds. The lowest BCUT2D eigenvalue weighted by molar-refractivity contribution is -0.154. The van der Waals surface area contributed by atoms with Crippen molar-refractivity contribution >= 4 is 5.97 Å². The molecule has 1 rings (SSSR count). The van der Waals surface area contributed by atoms with Crippen LogP contribution in [0.1, 0.15) is 39.2 Å². The summed E-state index contributed by atoms with van der Waals surface area (Å²) in [6.07, 6.45) is 6.14. The van der Waals surface area contributed by atoms with E-state index in [9.17, 15) is 4.79 Å². The Labute approximate surface area is 103 Å². The number of hydrogen-bond acceptors (Lipinski definition) is 3. The minimum Gasteiger partial charge on any atom is -0.465 e. The number of aromatic nitrogens is 1. The van der Waals surface area contributed by atoms with E-state index in [2.05, 4.69) is 4.98 Å². The number of pyridine rings is 1. The second kappa shape index (κ2) is 6.38. The van der Waals surface area contributed by atoms with Crippen molar-refractivity contribution < 1.29 is 9.53 Å². The first-order valence-corrected chi connectivity index (χ1v) is 6.12. The Morgan fingerprint density at radius 1 is 1.47 bits per heavy atom. The molecule has 0 atom stereocenters. The van der Waals surface area contributed by atoms with E-state index in [0.717, 1.165) is 19.3 Å². The Kier molecular flexibility index (Phi) is 5.13.